The van der Waals surface area contributed by atoms with E-state index >= 15 is 0 Å². The Morgan fingerprint density at radius 2 is 1.93 bits per heavy atom. The van der Waals surface area contributed by atoms with Crippen LogP contribution in [0.4, 0.5) is 19.0 Å². The van der Waals surface area contributed by atoms with Gasteiger partial charge in [-0.1, -0.05) is 0 Å². The molecule has 0 bridgehead atoms. The minimum Gasteiger partial charge on any atom is -0.507 e. The Hall–Kier alpha value is -2.35. The molecule has 1 saturated carbocycles. The van der Waals surface area contributed by atoms with Crippen LogP contribution in [0.25, 0.3) is 11.3 Å². The fraction of sp³-hybridized carbons (Fsp3) is 0.500. The summed E-state index contributed by atoms with van der Waals surface area (Å²) in [6, 6.07) is 4.25. The first-order valence-corrected chi connectivity index (χ1v) is 9.21. The second-order valence-corrected chi connectivity index (χ2v) is 7.94. The fourth-order valence-electron chi connectivity index (χ4n) is 4.26. The van der Waals surface area contributed by atoms with Crippen LogP contribution in [0.1, 0.15) is 36.5 Å². The molecule has 1 N–H and O–H groups in total. The molecule has 1 aromatic carbocycles. The number of alkyl halides is 3. The van der Waals surface area contributed by atoms with Gasteiger partial charge in [-0.2, -0.15) is 13.2 Å². The van der Waals surface area contributed by atoms with Gasteiger partial charge in [0.1, 0.15) is 5.75 Å². The lowest BCUT2D eigenvalue weighted by atomic mass is 9.76. The number of ether oxygens (including phenoxy) is 1. The molecule has 2 aromatic rings. The van der Waals surface area contributed by atoms with Crippen molar-refractivity contribution in [3.8, 4) is 17.0 Å². The number of hydrogen-bond donors (Lipinski definition) is 1. The topological polar surface area (TPSA) is 58.5 Å². The second kappa shape index (κ2) is 6.34. The molecule has 5 nitrogen and oxygen atoms in total. The molecular formula is C20H22F3N3O2. The first-order chi connectivity index (χ1) is 13.1. The van der Waals surface area contributed by atoms with Crippen LogP contribution in [0.2, 0.25) is 0 Å². The molecule has 0 spiro atoms. The van der Waals surface area contributed by atoms with Crippen LogP contribution in [0, 0.1) is 6.92 Å². The van der Waals surface area contributed by atoms with Gasteiger partial charge in [0.25, 0.3) is 0 Å². The van der Waals surface area contributed by atoms with E-state index in [1.807, 2.05) is 0 Å². The van der Waals surface area contributed by atoms with Crippen LogP contribution in [-0.4, -0.2) is 40.6 Å². The summed E-state index contributed by atoms with van der Waals surface area (Å²) in [6.45, 7) is 4.33. The molecule has 0 radical (unpaired) electrons. The van der Waals surface area contributed by atoms with Crippen molar-refractivity contribution in [3.63, 3.8) is 0 Å². The summed E-state index contributed by atoms with van der Waals surface area (Å²) in [5, 5.41) is 18.5. The zero-order chi connectivity index (χ0) is 20.3. The quantitative estimate of drug-likeness (QED) is 0.851. The van der Waals surface area contributed by atoms with E-state index in [0.717, 1.165) is 31.0 Å². The zero-order valence-corrected chi connectivity index (χ0v) is 16.0. The molecule has 4 rings (SSSR count). The summed E-state index contributed by atoms with van der Waals surface area (Å²) in [4.78, 5) is 2.16. The van der Waals surface area contributed by atoms with E-state index in [1.165, 1.54) is 13.0 Å². The van der Waals surface area contributed by atoms with Gasteiger partial charge in [0, 0.05) is 25.3 Å². The number of phenolic OH excluding ortho intramolecular Hbond substituents is 1. The number of nitrogens with zero attached hydrogens (tertiary/aromatic N) is 3. The molecule has 0 atom stereocenters. The Balaban J connectivity index is 1.69. The Morgan fingerprint density at radius 1 is 1.21 bits per heavy atom. The molecule has 8 heteroatoms. The molecule has 150 valence electrons. The highest BCUT2D eigenvalue weighted by Gasteiger charge is 2.45. The predicted octanol–water partition coefficient (Wildman–Crippen LogP) is 4.11. The highest BCUT2D eigenvalue weighted by Crippen LogP contribution is 2.45. The molecule has 2 aliphatic rings. The molecule has 28 heavy (non-hydrogen) atoms. The summed E-state index contributed by atoms with van der Waals surface area (Å²) >= 11 is 0. The monoisotopic (exact) mass is 393 g/mol. The number of aromatic hydroxyl groups is 1. The van der Waals surface area contributed by atoms with Gasteiger partial charge in [-0.05, 0) is 56.9 Å². The lowest BCUT2D eigenvalue weighted by Crippen LogP contribution is -2.54. The summed E-state index contributed by atoms with van der Waals surface area (Å²) in [7, 11) is 1.70. The lowest BCUT2D eigenvalue weighted by Gasteiger charge is -2.48. The van der Waals surface area contributed by atoms with E-state index in [9.17, 15) is 18.3 Å². The molecule has 1 aliphatic heterocycles. The standard InChI is InChI=1S/C20H22F3N3O2/c1-11-6-14(20(21,22)23)17(16(27)7-11)15-8-12-4-5-26(18(12)25-24-15)13-9-19(2,10-13)28-3/h6-8,13,27H,4-5,9-10H2,1-3H3. The van der Waals surface area contributed by atoms with Crippen LogP contribution in [0.3, 0.4) is 0 Å². The number of anilines is 1. The lowest BCUT2D eigenvalue weighted by molar-refractivity contribution is -0.137. The number of rotatable bonds is 3. The van der Waals surface area contributed by atoms with Gasteiger partial charge in [0.05, 0.1) is 22.4 Å². The number of aryl methyl sites for hydroxylation is 1. The average Bonchev–Trinajstić information content (AvgIpc) is 3.00. The number of fused-ring (bicyclic) bond motifs is 1. The maximum Gasteiger partial charge on any atom is 0.417 e. The predicted molar refractivity (Wildman–Crippen MR) is 98.4 cm³/mol. The van der Waals surface area contributed by atoms with Crippen LogP contribution in [0.15, 0.2) is 18.2 Å². The normalized spacial score (nSPS) is 24.2. The smallest absolute Gasteiger partial charge is 0.417 e. The van der Waals surface area contributed by atoms with E-state index in [0.29, 0.717) is 23.8 Å². The number of methoxy groups -OCH3 is 1. The van der Waals surface area contributed by atoms with Crippen molar-refractivity contribution < 1.29 is 23.0 Å². The van der Waals surface area contributed by atoms with Gasteiger partial charge in [-0.15, -0.1) is 10.2 Å². The number of hydrogen-bond acceptors (Lipinski definition) is 5. The van der Waals surface area contributed by atoms with Gasteiger partial charge >= 0.3 is 6.18 Å². The van der Waals surface area contributed by atoms with Crippen molar-refractivity contribution in [2.45, 2.75) is 50.9 Å². The van der Waals surface area contributed by atoms with Gasteiger partial charge < -0.3 is 14.7 Å². The van der Waals surface area contributed by atoms with Gasteiger partial charge in [0.2, 0.25) is 0 Å². The Morgan fingerprint density at radius 3 is 2.57 bits per heavy atom. The third-order valence-electron chi connectivity index (χ3n) is 5.84. The van der Waals surface area contributed by atoms with E-state index in [2.05, 4.69) is 22.0 Å². The minimum atomic E-state index is -4.60. The van der Waals surface area contributed by atoms with Crippen molar-refractivity contribution in [2.75, 3.05) is 18.6 Å². The number of benzene rings is 1. The van der Waals surface area contributed by atoms with E-state index < -0.39 is 17.5 Å². The maximum atomic E-state index is 13.5. The number of halogens is 3. The molecular weight excluding hydrogens is 371 g/mol. The maximum absolute atomic E-state index is 13.5. The van der Waals surface area contributed by atoms with Crippen LogP contribution >= 0.6 is 0 Å². The summed E-state index contributed by atoms with van der Waals surface area (Å²) in [5.74, 6) is 0.276. The highest BCUT2D eigenvalue weighted by atomic mass is 19.4. The van der Waals surface area contributed by atoms with Crippen molar-refractivity contribution in [3.05, 3.63) is 34.9 Å². The fourth-order valence-corrected chi connectivity index (χ4v) is 4.26. The van der Waals surface area contributed by atoms with Gasteiger partial charge in [-0.3, -0.25) is 0 Å². The highest BCUT2D eigenvalue weighted by molar-refractivity contribution is 5.74. The molecule has 0 unspecified atom stereocenters. The number of aromatic nitrogens is 2. The van der Waals surface area contributed by atoms with E-state index in [4.69, 9.17) is 4.74 Å². The van der Waals surface area contributed by atoms with Crippen LogP contribution < -0.4 is 4.90 Å². The molecule has 1 aromatic heterocycles. The first kappa shape index (κ1) is 19.0. The molecule has 1 fully saturated rings. The summed E-state index contributed by atoms with van der Waals surface area (Å²) in [6.07, 6.45) is -2.15. The Labute approximate surface area is 161 Å². The van der Waals surface area contributed by atoms with Gasteiger partial charge in [-0.25, -0.2) is 0 Å². The SMILES string of the molecule is COC1(C)CC(N2CCc3cc(-c4c(O)cc(C)cc4C(F)(F)F)nnc32)C1. The molecule has 1 aliphatic carbocycles. The summed E-state index contributed by atoms with van der Waals surface area (Å²) < 4.78 is 46.0. The molecule has 2 heterocycles. The largest absolute Gasteiger partial charge is 0.507 e. The summed E-state index contributed by atoms with van der Waals surface area (Å²) in [5.41, 5.74) is -0.118. The third kappa shape index (κ3) is 3.09. The van der Waals surface area contributed by atoms with Crippen molar-refractivity contribution in [1.29, 1.82) is 0 Å². The average molecular weight is 393 g/mol. The zero-order valence-electron chi connectivity index (χ0n) is 16.0. The Bertz CT molecular complexity index is 924. The molecule has 0 amide bonds. The Kier molecular flexibility index (Phi) is 4.30. The van der Waals surface area contributed by atoms with Crippen LogP contribution in [-0.2, 0) is 17.3 Å². The second-order valence-electron chi connectivity index (χ2n) is 7.94. The minimum absolute atomic E-state index is 0.0424. The van der Waals surface area contributed by atoms with Crippen molar-refractivity contribution >= 4 is 5.82 Å². The van der Waals surface area contributed by atoms with Crippen molar-refractivity contribution in [1.82, 2.24) is 10.2 Å². The third-order valence-corrected chi connectivity index (χ3v) is 5.84. The van der Waals surface area contributed by atoms with Crippen LogP contribution in [0.5, 0.6) is 5.75 Å². The van der Waals surface area contributed by atoms with Gasteiger partial charge in [0.15, 0.2) is 5.82 Å². The van der Waals surface area contributed by atoms with Crippen molar-refractivity contribution in [2.24, 2.45) is 0 Å². The number of phenols is 1. The molecule has 0 saturated heterocycles. The van der Waals surface area contributed by atoms with E-state index in [1.54, 1.807) is 13.2 Å². The first-order valence-electron chi connectivity index (χ1n) is 9.21. The van der Waals surface area contributed by atoms with E-state index in [-0.39, 0.29) is 16.9 Å².